The predicted octanol–water partition coefficient (Wildman–Crippen LogP) is 3.23. The summed E-state index contributed by atoms with van der Waals surface area (Å²) in [5.41, 5.74) is 2.70. The third-order valence-electron chi connectivity index (χ3n) is 6.21. The number of aromatic nitrogens is 3. The molecule has 4 aromatic rings. The average molecular weight is 504 g/mol. The summed E-state index contributed by atoms with van der Waals surface area (Å²) < 4.78 is 14.0. The van der Waals surface area contributed by atoms with Crippen LogP contribution >= 0.6 is 0 Å². The van der Waals surface area contributed by atoms with E-state index in [1.54, 1.807) is 23.9 Å². The maximum Gasteiger partial charge on any atom is 0.267 e. The molecule has 0 aliphatic heterocycles. The minimum Gasteiger partial charge on any atom is -0.497 e. The van der Waals surface area contributed by atoms with Crippen LogP contribution in [0.25, 0.3) is 16.7 Å². The number of ether oxygens (including phenoxy) is 2. The van der Waals surface area contributed by atoms with Crippen molar-refractivity contribution in [3.05, 3.63) is 81.2 Å². The van der Waals surface area contributed by atoms with Crippen LogP contribution in [0.3, 0.4) is 0 Å². The Morgan fingerprint density at radius 1 is 1.16 bits per heavy atom. The highest BCUT2D eigenvalue weighted by Crippen LogP contribution is 2.14. The molecule has 0 bridgehead atoms. The van der Waals surface area contributed by atoms with Gasteiger partial charge in [-0.25, -0.2) is 4.98 Å². The standard InChI is InChI=1S/C28H33N5O4/c1-18(2)37-16-6-15-32-24(29)22(27(34)30-13-12-20-8-10-21(36-4)11-9-20)17-23-26(32)31-25-19(3)7-5-14-33(25)28(23)35/h5,7-11,14,17-18,29H,6,12-13,15-16H2,1-4H3,(H,30,34). The fraction of sp³-hybridized carbons (Fsp3) is 0.357. The zero-order chi connectivity index (χ0) is 26.5. The number of rotatable bonds is 10. The fourth-order valence-corrected chi connectivity index (χ4v) is 4.24. The van der Waals surface area contributed by atoms with Crippen molar-refractivity contribution >= 4 is 22.6 Å². The van der Waals surface area contributed by atoms with Crippen LogP contribution in [-0.4, -0.2) is 46.2 Å². The summed E-state index contributed by atoms with van der Waals surface area (Å²) in [6.07, 6.45) is 2.99. The molecule has 0 saturated carbocycles. The van der Waals surface area contributed by atoms with E-state index >= 15 is 0 Å². The Morgan fingerprint density at radius 3 is 2.62 bits per heavy atom. The maximum atomic E-state index is 13.4. The first-order valence-electron chi connectivity index (χ1n) is 12.4. The topological polar surface area (TPSA) is 111 Å². The molecule has 0 aliphatic rings. The van der Waals surface area contributed by atoms with Crippen LogP contribution in [0.5, 0.6) is 5.75 Å². The molecule has 4 rings (SSSR count). The third kappa shape index (κ3) is 5.72. The van der Waals surface area contributed by atoms with Crippen molar-refractivity contribution in [1.29, 1.82) is 5.41 Å². The van der Waals surface area contributed by atoms with Gasteiger partial charge in [-0.2, -0.15) is 0 Å². The number of methoxy groups -OCH3 is 1. The van der Waals surface area contributed by atoms with E-state index in [-0.39, 0.29) is 22.7 Å². The lowest BCUT2D eigenvalue weighted by Crippen LogP contribution is -2.36. The number of pyridine rings is 2. The Hall–Kier alpha value is -3.98. The van der Waals surface area contributed by atoms with Gasteiger partial charge in [-0.3, -0.25) is 19.4 Å². The molecule has 194 valence electrons. The van der Waals surface area contributed by atoms with Gasteiger partial charge in [0.05, 0.1) is 24.2 Å². The lowest BCUT2D eigenvalue weighted by atomic mass is 10.1. The number of nitrogens with zero attached hydrogens (tertiary/aromatic N) is 3. The Morgan fingerprint density at radius 2 is 1.92 bits per heavy atom. The first kappa shape index (κ1) is 26.1. The maximum absolute atomic E-state index is 13.4. The van der Waals surface area contributed by atoms with Crippen molar-refractivity contribution in [2.45, 2.75) is 46.3 Å². The molecule has 0 unspecified atom stereocenters. The number of aryl methyl sites for hydroxylation is 2. The molecule has 9 nitrogen and oxygen atoms in total. The molecule has 3 aromatic heterocycles. The highest BCUT2D eigenvalue weighted by Gasteiger charge is 2.18. The summed E-state index contributed by atoms with van der Waals surface area (Å²) >= 11 is 0. The first-order valence-corrected chi connectivity index (χ1v) is 12.4. The monoisotopic (exact) mass is 503 g/mol. The van der Waals surface area contributed by atoms with Gasteiger partial charge in [0, 0.05) is 25.9 Å². The number of fused-ring (bicyclic) bond motifs is 2. The van der Waals surface area contributed by atoms with E-state index in [0.717, 1.165) is 16.9 Å². The van der Waals surface area contributed by atoms with E-state index in [2.05, 4.69) is 5.32 Å². The second-order valence-corrected chi connectivity index (χ2v) is 9.22. The minimum absolute atomic E-state index is 0.0174. The van der Waals surface area contributed by atoms with Crippen molar-refractivity contribution in [1.82, 2.24) is 19.3 Å². The van der Waals surface area contributed by atoms with Gasteiger partial charge in [-0.05, 0) is 69.0 Å². The number of hydrogen-bond acceptors (Lipinski definition) is 6. The lowest BCUT2D eigenvalue weighted by molar-refractivity contribution is 0.0748. The van der Waals surface area contributed by atoms with Crippen molar-refractivity contribution in [3.63, 3.8) is 0 Å². The second kappa shape index (κ2) is 11.4. The van der Waals surface area contributed by atoms with Gasteiger partial charge in [-0.1, -0.05) is 18.2 Å². The zero-order valence-electron chi connectivity index (χ0n) is 21.7. The molecule has 0 atom stereocenters. The summed E-state index contributed by atoms with van der Waals surface area (Å²) in [5, 5.41) is 12.0. The Labute approximate surface area is 215 Å². The fourth-order valence-electron chi connectivity index (χ4n) is 4.24. The van der Waals surface area contributed by atoms with Crippen LogP contribution < -0.4 is 21.1 Å². The van der Waals surface area contributed by atoms with Crippen molar-refractivity contribution in [3.8, 4) is 5.75 Å². The van der Waals surface area contributed by atoms with Gasteiger partial charge >= 0.3 is 0 Å². The molecular formula is C28H33N5O4. The van der Waals surface area contributed by atoms with Gasteiger partial charge in [0.15, 0.2) is 0 Å². The molecular weight excluding hydrogens is 470 g/mol. The van der Waals surface area contributed by atoms with Crippen LogP contribution in [-0.2, 0) is 17.7 Å². The highest BCUT2D eigenvalue weighted by atomic mass is 16.5. The Bertz CT molecular complexity index is 1540. The number of amides is 1. The molecule has 0 spiro atoms. The largest absolute Gasteiger partial charge is 0.497 e. The van der Waals surface area contributed by atoms with Crippen molar-refractivity contribution in [2.75, 3.05) is 20.3 Å². The molecule has 1 amide bonds. The van der Waals surface area contributed by atoms with Crippen LogP contribution in [0.1, 0.15) is 41.8 Å². The van der Waals surface area contributed by atoms with Crippen LogP contribution in [0.2, 0.25) is 0 Å². The average Bonchev–Trinajstić information content (AvgIpc) is 2.88. The van der Waals surface area contributed by atoms with Crippen LogP contribution in [0.15, 0.2) is 53.5 Å². The molecule has 2 N–H and O–H groups in total. The summed E-state index contributed by atoms with van der Waals surface area (Å²) in [6.45, 7) is 7.10. The number of carbonyl (C=O) groups excluding carboxylic acids is 1. The quantitative estimate of drug-likeness (QED) is 0.255. The van der Waals surface area contributed by atoms with Gasteiger partial charge < -0.3 is 19.4 Å². The summed E-state index contributed by atoms with van der Waals surface area (Å²) in [7, 11) is 1.62. The number of benzene rings is 1. The minimum atomic E-state index is -0.402. The molecule has 0 radical (unpaired) electrons. The third-order valence-corrected chi connectivity index (χ3v) is 6.21. The summed E-state index contributed by atoms with van der Waals surface area (Å²) in [5.74, 6) is 0.370. The smallest absolute Gasteiger partial charge is 0.267 e. The van der Waals surface area contributed by atoms with Gasteiger partial charge in [0.1, 0.15) is 22.5 Å². The molecule has 0 fully saturated rings. The van der Waals surface area contributed by atoms with Crippen molar-refractivity contribution < 1.29 is 14.3 Å². The Kier molecular flexibility index (Phi) is 8.03. The van der Waals surface area contributed by atoms with E-state index in [9.17, 15) is 9.59 Å². The second-order valence-electron chi connectivity index (χ2n) is 9.22. The normalized spacial score (nSPS) is 11.4. The van der Waals surface area contributed by atoms with Gasteiger partial charge in [0.2, 0.25) is 0 Å². The zero-order valence-corrected chi connectivity index (χ0v) is 21.7. The summed E-state index contributed by atoms with van der Waals surface area (Å²) in [4.78, 5) is 31.4. The molecule has 0 saturated heterocycles. The molecule has 1 aromatic carbocycles. The molecule has 37 heavy (non-hydrogen) atoms. The highest BCUT2D eigenvalue weighted by molar-refractivity contribution is 5.96. The van der Waals surface area contributed by atoms with Gasteiger partial charge in [-0.15, -0.1) is 0 Å². The van der Waals surface area contributed by atoms with Crippen LogP contribution in [0, 0.1) is 12.3 Å². The van der Waals surface area contributed by atoms with E-state index in [1.807, 2.05) is 51.1 Å². The number of nitrogens with one attached hydrogen (secondary N) is 2. The predicted molar refractivity (Wildman–Crippen MR) is 142 cm³/mol. The summed E-state index contributed by atoms with van der Waals surface area (Å²) in [6, 6.07) is 12.8. The van der Waals surface area contributed by atoms with E-state index in [4.69, 9.17) is 19.9 Å². The van der Waals surface area contributed by atoms with Crippen molar-refractivity contribution in [2.24, 2.45) is 0 Å². The molecule has 9 heteroatoms. The first-order chi connectivity index (χ1) is 17.8. The van der Waals surface area contributed by atoms with E-state index in [0.29, 0.717) is 49.2 Å². The lowest BCUT2D eigenvalue weighted by Gasteiger charge is -2.16. The molecule has 3 heterocycles. The van der Waals surface area contributed by atoms with Crippen LogP contribution in [0.4, 0.5) is 0 Å². The molecule has 0 aliphatic carbocycles. The van der Waals surface area contributed by atoms with Gasteiger partial charge in [0.25, 0.3) is 11.5 Å². The van der Waals surface area contributed by atoms with E-state index in [1.165, 1.54) is 10.5 Å². The number of hydrogen-bond donors (Lipinski definition) is 2. The van der Waals surface area contributed by atoms with E-state index < -0.39 is 5.91 Å². The SMILES string of the molecule is COc1ccc(CCNC(=O)c2cc3c(=O)n4cccc(C)c4nc3n(CCCOC(C)C)c2=N)cc1. The number of carbonyl (C=O) groups is 1. The Balaban J connectivity index is 1.68.